The van der Waals surface area contributed by atoms with E-state index in [2.05, 4.69) is 52.1 Å². The first kappa shape index (κ1) is 18.5. The third kappa shape index (κ3) is 3.24. The van der Waals surface area contributed by atoms with Crippen molar-refractivity contribution in [2.24, 2.45) is 0 Å². The number of methoxy groups -OCH3 is 1. The average Bonchev–Trinajstić information content (AvgIpc) is 3.33. The number of ether oxygens (including phenoxy) is 1. The summed E-state index contributed by atoms with van der Waals surface area (Å²) in [4.78, 5) is 6.74. The lowest BCUT2D eigenvalue weighted by atomic mass is 9.98. The Morgan fingerprint density at radius 3 is 2.57 bits per heavy atom. The van der Waals surface area contributed by atoms with Crippen LogP contribution in [0.2, 0.25) is 0 Å². The van der Waals surface area contributed by atoms with Gasteiger partial charge in [-0.1, -0.05) is 18.2 Å². The third-order valence-corrected chi connectivity index (χ3v) is 5.43. The van der Waals surface area contributed by atoms with E-state index >= 15 is 0 Å². The largest absolute Gasteiger partial charge is 0.495 e. The number of rotatable bonds is 5. The van der Waals surface area contributed by atoms with E-state index in [-0.39, 0.29) is 12.1 Å². The highest BCUT2D eigenvalue weighted by molar-refractivity contribution is 7.80. The molecule has 1 N–H and O–H groups in total. The molecule has 3 heterocycles. The van der Waals surface area contributed by atoms with Gasteiger partial charge in [-0.15, -0.1) is 0 Å². The van der Waals surface area contributed by atoms with E-state index < -0.39 is 0 Å². The van der Waals surface area contributed by atoms with Gasteiger partial charge in [-0.25, -0.2) is 0 Å². The van der Waals surface area contributed by atoms with Crippen LogP contribution in [0.15, 0.2) is 67.1 Å². The number of nitrogens with one attached hydrogen (secondary N) is 1. The molecular formula is C22H24N4OS. The van der Waals surface area contributed by atoms with Crippen molar-refractivity contribution in [3.8, 4) is 5.75 Å². The van der Waals surface area contributed by atoms with E-state index in [4.69, 9.17) is 17.0 Å². The number of pyridine rings is 1. The van der Waals surface area contributed by atoms with Gasteiger partial charge < -0.3 is 19.5 Å². The van der Waals surface area contributed by atoms with Gasteiger partial charge >= 0.3 is 0 Å². The fourth-order valence-electron chi connectivity index (χ4n) is 3.71. The second-order valence-electron chi connectivity index (χ2n) is 7.15. The van der Waals surface area contributed by atoms with Crippen LogP contribution in [-0.2, 0) is 0 Å². The van der Waals surface area contributed by atoms with E-state index in [1.807, 2.05) is 48.7 Å². The van der Waals surface area contributed by atoms with Crippen LogP contribution in [0.4, 0.5) is 5.69 Å². The predicted molar refractivity (Wildman–Crippen MR) is 116 cm³/mol. The zero-order chi connectivity index (χ0) is 19.7. The van der Waals surface area contributed by atoms with Gasteiger partial charge in [-0.2, -0.15) is 0 Å². The Kier molecular flexibility index (Phi) is 5.05. The van der Waals surface area contributed by atoms with E-state index in [9.17, 15) is 0 Å². The molecule has 2 aromatic heterocycles. The Morgan fingerprint density at radius 1 is 1.11 bits per heavy atom. The van der Waals surface area contributed by atoms with Crippen LogP contribution in [0.3, 0.4) is 0 Å². The number of hydrogen-bond donors (Lipinski definition) is 1. The van der Waals surface area contributed by atoms with Gasteiger partial charge in [-0.05, 0) is 62.0 Å². The van der Waals surface area contributed by atoms with Crippen molar-refractivity contribution in [1.82, 2.24) is 14.9 Å². The number of para-hydroxylation sites is 2. The normalized spacial score (nSPS) is 19.1. The first-order valence-corrected chi connectivity index (χ1v) is 9.82. The van der Waals surface area contributed by atoms with Crippen molar-refractivity contribution >= 4 is 23.0 Å². The first-order chi connectivity index (χ1) is 13.6. The van der Waals surface area contributed by atoms with Crippen LogP contribution in [0.1, 0.15) is 43.2 Å². The van der Waals surface area contributed by atoms with E-state index in [0.717, 1.165) is 17.1 Å². The maximum absolute atomic E-state index is 5.77. The Balaban J connectivity index is 1.84. The predicted octanol–water partition coefficient (Wildman–Crippen LogP) is 4.65. The molecule has 0 spiro atoms. The molecule has 1 aromatic carbocycles. The highest BCUT2D eigenvalue weighted by atomic mass is 32.1. The molecule has 1 aliphatic heterocycles. The average molecular weight is 393 g/mol. The molecule has 1 saturated heterocycles. The number of hydrogen-bond acceptors (Lipinski definition) is 3. The van der Waals surface area contributed by atoms with Crippen molar-refractivity contribution in [2.75, 3.05) is 12.0 Å². The molecule has 0 unspecified atom stereocenters. The summed E-state index contributed by atoms with van der Waals surface area (Å²) in [5.41, 5.74) is 3.09. The zero-order valence-electron chi connectivity index (χ0n) is 16.2. The first-order valence-electron chi connectivity index (χ1n) is 9.41. The lowest BCUT2D eigenvalue weighted by Crippen LogP contribution is -2.29. The molecule has 28 heavy (non-hydrogen) atoms. The molecule has 3 aromatic rings. The van der Waals surface area contributed by atoms with E-state index in [0.29, 0.717) is 11.2 Å². The second-order valence-corrected chi connectivity index (χ2v) is 7.54. The number of benzene rings is 1. The van der Waals surface area contributed by atoms with E-state index in [1.165, 1.54) is 5.56 Å². The fourth-order valence-corrected chi connectivity index (χ4v) is 4.05. The molecule has 2 atom stereocenters. The summed E-state index contributed by atoms with van der Waals surface area (Å²) in [5.74, 6) is 0.793. The lowest BCUT2D eigenvalue weighted by Gasteiger charge is -2.28. The van der Waals surface area contributed by atoms with Crippen LogP contribution < -0.4 is 15.0 Å². The molecule has 1 aliphatic rings. The standard InChI is InChI=1S/C22H24N4OS/c1-15(2)25-13-11-16(14-25)21-20(17-8-6-7-12-23-17)24-22(28)26(21)18-9-4-5-10-19(18)27-3/h4-15,20-21H,1-3H3,(H,24,28)/t20-,21-/m1/s1. The second kappa shape index (κ2) is 7.64. The number of thiocarbonyl (C=S) groups is 1. The SMILES string of the molecule is COc1ccccc1N1C(=S)N[C@H](c2ccccn2)[C@H]1c1ccn(C(C)C)c1. The monoisotopic (exact) mass is 392 g/mol. The van der Waals surface area contributed by atoms with Crippen molar-refractivity contribution in [1.29, 1.82) is 0 Å². The topological polar surface area (TPSA) is 42.3 Å². The molecule has 144 valence electrons. The molecule has 0 amide bonds. The van der Waals surface area contributed by atoms with Gasteiger partial charge in [0.2, 0.25) is 0 Å². The van der Waals surface area contributed by atoms with Crippen LogP contribution in [0.5, 0.6) is 5.75 Å². The molecular weight excluding hydrogens is 368 g/mol. The lowest BCUT2D eigenvalue weighted by molar-refractivity contribution is 0.414. The number of nitrogens with zero attached hydrogens (tertiary/aromatic N) is 3. The van der Waals surface area contributed by atoms with Crippen LogP contribution in [0.25, 0.3) is 0 Å². The van der Waals surface area contributed by atoms with Gasteiger partial charge in [-0.3, -0.25) is 4.98 Å². The van der Waals surface area contributed by atoms with Crippen molar-refractivity contribution in [2.45, 2.75) is 32.0 Å². The minimum absolute atomic E-state index is 0.0290. The number of anilines is 1. The van der Waals surface area contributed by atoms with Gasteiger partial charge in [0.15, 0.2) is 5.11 Å². The molecule has 5 nitrogen and oxygen atoms in total. The molecule has 0 aliphatic carbocycles. The molecule has 1 fully saturated rings. The molecule has 0 radical (unpaired) electrons. The van der Waals surface area contributed by atoms with Crippen LogP contribution in [-0.4, -0.2) is 21.8 Å². The quantitative estimate of drug-likeness (QED) is 0.640. The Bertz CT molecular complexity index is 969. The highest BCUT2D eigenvalue weighted by Gasteiger charge is 2.42. The summed E-state index contributed by atoms with van der Waals surface area (Å²) in [7, 11) is 1.69. The van der Waals surface area contributed by atoms with Crippen molar-refractivity contribution in [3.63, 3.8) is 0 Å². The Labute approximate surface area is 171 Å². The molecule has 0 bridgehead atoms. The molecule has 6 heteroatoms. The number of aromatic nitrogens is 2. The maximum Gasteiger partial charge on any atom is 0.174 e. The summed E-state index contributed by atoms with van der Waals surface area (Å²) in [6.07, 6.45) is 6.14. The molecule has 0 saturated carbocycles. The van der Waals surface area contributed by atoms with Crippen molar-refractivity contribution < 1.29 is 4.74 Å². The van der Waals surface area contributed by atoms with Gasteiger partial charge in [0, 0.05) is 24.6 Å². The fraction of sp³-hybridized carbons (Fsp3) is 0.273. The summed E-state index contributed by atoms with van der Waals surface area (Å²) in [6.45, 7) is 4.35. The summed E-state index contributed by atoms with van der Waals surface area (Å²) >= 11 is 5.77. The van der Waals surface area contributed by atoms with E-state index in [1.54, 1.807) is 7.11 Å². The van der Waals surface area contributed by atoms with Crippen molar-refractivity contribution in [3.05, 3.63) is 78.4 Å². The van der Waals surface area contributed by atoms with Crippen LogP contribution in [0, 0.1) is 0 Å². The third-order valence-electron chi connectivity index (χ3n) is 5.12. The smallest absolute Gasteiger partial charge is 0.174 e. The van der Waals surface area contributed by atoms with Crippen LogP contribution >= 0.6 is 12.2 Å². The zero-order valence-corrected chi connectivity index (χ0v) is 17.1. The van der Waals surface area contributed by atoms with Gasteiger partial charge in [0.05, 0.1) is 30.6 Å². The van der Waals surface area contributed by atoms with Gasteiger partial charge in [0.1, 0.15) is 5.75 Å². The highest BCUT2D eigenvalue weighted by Crippen LogP contribution is 2.44. The maximum atomic E-state index is 5.77. The Hall–Kier alpha value is -2.86. The van der Waals surface area contributed by atoms with Gasteiger partial charge in [0.25, 0.3) is 0 Å². The Morgan fingerprint density at radius 2 is 1.89 bits per heavy atom. The summed E-state index contributed by atoms with van der Waals surface area (Å²) in [6, 6.07) is 16.4. The summed E-state index contributed by atoms with van der Waals surface area (Å²) < 4.78 is 7.84. The minimum atomic E-state index is -0.0541. The molecule has 4 rings (SSSR count). The summed E-state index contributed by atoms with van der Waals surface area (Å²) in [5, 5.41) is 4.16. The minimum Gasteiger partial charge on any atom is -0.495 e.